The Hall–Kier alpha value is -3.24. The summed E-state index contributed by atoms with van der Waals surface area (Å²) in [6, 6.07) is 6.62. The molecule has 6 rings (SSSR count). The molecule has 1 aliphatic heterocycles. The second-order valence-corrected chi connectivity index (χ2v) is 10.4. The summed E-state index contributed by atoms with van der Waals surface area (Å²) in [7, 11) is 1.63. The number of aliphatic hydroxyl groups is 1. The van der Waals surface area contributed by atoms with E-state index in [2.05, 4.69) is 37.6 Å². The van der Waals surface area contributed by atoms with E-state index >= 15 is 0 Å². The van der Waals surface area contributed by atoms with Gasteiger partial charge in [0, 0.05) is 12.1 Å². The number of nitrogens with zero attached hydrogens (tertiary/aromatic N) is 6. The topological polar surface area (TPSA) is 113 Å². The molecule has 3 aliphatic rings. The van der Waals surface area contributed by atoms with Crippen LogP contribution in [0, 0.1) is 0 Å². The summed E-state index contributed by atoms with van der Waals surface area (Å²) in [5.74, 6) is 3.00. The quantitative estimate of drug-likeness (QED) is 0.380. The summed E-state index contributed by atoms with van der Waals surface area (Å²) in [6.45, 7) is 2.19. The molecular formula is C27H36N8O2. The molecule has 2 unspecified atom stereocenters. The Kier molecular flexibility index (Phi) is 6.69. The van der Waals surface area contributed by atoms with Crippen LogP contribution in [-0.2, 0) is 0 Å². The number of benzene rings is 1. The molecule has 3 heterocycles. The molecule has 0 saturated heterocycles. The predicted octanol–water partition coefficient (Wildman–Crippen LogP) is 4.55. The summed E-state index contributed by atoms with van der Waals surface area (Å²) in [6.07, 6.45) is 13.2. The van der Waals surface area contributed by atoms with E-state index in [9.17, 15) is 5.11 Å². The fraction of sp³-hybridized carbons (Fsp3) is 0.556. The van der Waals surface area contributed by atoms with Crippen LogP contribution in [0.5, 0.6) is 5.75 Å². The van der Waals surface area contributed by atoms with Crippen molar-refractivity contribution in [2.24, 2.45) is 0 Å². The largest absolute Gasteiger partial charge is 0.495 e. The fourth-order valence-electron chi connectivity index (χ4n) is 6.22. The third-order valence-corrected chi connectivity index (χ3v) is 8.10. The molecule has 2 atom stereocenters. The van der Waals surface area contributed by atoms with Crippen molar-refractivity contribution >= 4 is 17.5 Å². The van der Waals surface area contributed by atoms with Gasteiger partial charge in [-0.1, -0.05) is 38.7 Å². The average Bonchev–Trinajstić information content (AvgIpc) is 3.71. The maximum atomic E-state index is 10.7. The van der Waals surface area contributed by atoms with E-state index in [1.165, 1.54) is 25.7 Å². The average molecular weight is 505 g/mol. The Labute approximate surface area is 217 Å². The Balaban J connectivity index is 1.29. The van der Waals surface area contributed by atoms with Crippen LogP contribution in [-0.4, -0.2) is 49.0 Å². The standard InChI is InChI=1S/C27H36N8O2/c1-3-21-25-33-29-16-34(25)22-15-28-27(32-24(22)35(21)19-10-6-7-11-19)31-20-13-12-17(14-23(20)37-2)26(36)30-18-8-4-5-9-18/h12-16,18-19,21,26,30,36H,3-11H2,1-2H3,(H,28,31,32). The summed E-state index contributed by atoms with van der Waals surface area (Å²) >= 11 is 0. The Morgan fingerprint density at radius 2 is 1.92 bits per heavy atom. The van der Waals surface area contributed by atoms with E-state index in [0.29, 0.717) is 23.8 Å². The molecule has 2 fully saturated rings. The molecule has 0 radical (unpaired) electrons. The summed E-state index contributed by atoms with van der Waals surface area (Å²) < 4.78 is 7.70. The molecule has 2 aliphatic carbocycles. The van der Waals surface area contributed by atoms with Gasteiger partial charge >= 0.3 is 0 Å². The molecule has 10 heteroatoms. The van der Waals surface area contributed by atoms with Crippen LogP contribution >= 0.6 is 0 Å². The number of ether oxygens (including phenoxy) is 1. The third kappa shape index (κ3) is 4.53. The predicted molar refractivity (Wildman–Crippen MR) is 141 cm³/mol. The third-order valence-electron chi connectivity index (χ3n) is 8.10. The van der Waals surface area contributed by atoms with Gasteiger partial charge in [0.05, 0.1) is 25.0 Å². The number of hydrogen-bond donors (Lipinski definition) is 3. The number of nitrogens with one attached hydrogen (secondary N) is 2. The van der Waals surface area contributed by atoms with Crippen molar-refractivity contribution in [1.82, 2.24) is 30.0 Å². The zero-order valence-electron chi connectivity index (χ0n) is 21.6. The van der Waals surface area contributed by atoms with Crippen LogP contribution in [0.1, 0.15) is 88.4 Å². The molecular weight excluding hydrogens is 468 g/mol. The van der Waals surface area contributed by atoms with Crippen LogP contribution in [0.3, 0.4) is 0 Å². The molecule has 0 amide bonds. The van der Waals surface area contributed by atoms with Crippen molar-refractivity contribution in [3.05, 3.63) is 42.1 Å². The van der Waals surface area contributed by atoms with E-state index in [-0.39, 0.29) is 6.04 Å². The molecule has 1 aromatic carbocycles. The lowest BCUT2D eigenvalue weighted by Gasteiger charge is -2.40. The summed E-state index contributed by atoms with van der Waals surface area (Å²) in [5, 5.41) is 26.1. The molecule has 196 valence electrons. The molecule has 3 aromatic rings. The van der Waals surface area contributed by atoms with Crippen LogP contribution in [0.15, 0.2) is 30.7 Å². The lowest BCUT2D eigenvalue weighted by Crippen LogP contribution is -2.42. The van der Waals surface area contributed by atoms with E-state index in [1.807, 2.05) is 29.0 Å². The van der Waals surface area contributed by atoms with E-state index in [1.54, 1.807) is 13.4 Å². The number of hydrogen-bond acceptors (Lipinski definition) is 9. The van der Waals surface area contributed by atoms with Gasteiger partial charge < -0.3 is 20.1 Å². The highest BCUT2D eigenvalue weighted by Gasteiger charge is 2.38. The monoisotopic (exact) mass is 504 g/mol. The van der Waals surface area contributed by atoms with E-state index in [4.69, 9.17) is 9.72 Å². The smallest absolute Gasteiger partial charge is 0.229 e. The van der Waals surface area contributed by atoms with Crippen molar-refractivity contribution in [1.29, 1.82) is 0 Å². The first kappa shape index (κ1) is 24.1. The Morgan fingerprint density at radius 3 is 2.68 bits per heavy atom. The minimum Gasteiger partial charge on any atom is -0.495 e. The lowest BCUT2D eigenvalue weighted by atomic mass is 10.0. The number of rotatable bonds is 8. The van der Waals surface area contributed by atoms with Gasteiger partial charge in [-0.05, 0) is 49.8 Å². The van der Waals surface area contributed by atoms with Crippen molar-refractivity contribution in [2.75, 3.05) is 17.3 Å². The first-order chi connectivity index (χ1) is 18.2. The normalized spacial score (nSPS) is 20.6. The molecule has 0 bridgehead atoms. The van der Waals surface area contributed by atoms with Gasteiger partial charge in [-0.3, -0.25) is 9.88 Å². The first-order valence-corrected chi connectivity index (χ1v) is 13.6. The van der Waals surface area contributed by atoms with Crippen molar-refractivity contribution in [3.8, 4) is 11.4 Å². The highest BCUT2D eigenvalue weighted by atomic mass is 16.5. The zero-order chi connectivity index (χ0) is 25.4. The summed E-state index contributed by atoms with van der Waals surface area (Å²) in [4.78, 5) is 12.1. The number of aliphatic hydroxyl groups excluding tert-OH is 1. The van der Waals surface area contributed by atoms with Gasteiger partial charge in [0.1, 0.15) is 24.0 Å². The second-order valence-electron chi connectivity index (χ2n) is 10.4. The fourth-order valence-corrected chi connectivity index (χ4v) is 6.22. The molecule has 37 heavy (non-hydrogen) atoms. The minimum atomic E-state index is -0.727. The van der Waals surface area contributed by atoms with E-state index in [0.717, 1.165) is 60.7 Å². The van der Waals surface area contributed by atoms with Crippen LogP contribution in [0.4, 0.5) is 17.5 Å². The SMILES string of the molecule is CCC1c2nncn2-c2cnc(Nc3ccc(C(O)NC4CCCC4)cc3OC)nc2N1C1CCCC1. The van der Waals surface area contributed by atoms with Crippen LogP contribution < -0.4 is 20.3 Å². The maximum absolute atomic E-state index is 10.7. The molecule has 10 nitrogen and oxygen atoms in total. The number of fused-ring (bicyclic) bond motifs is 3. The van der Waals surface area contributed by atoms with Gasteiger partial charge in [-0.15, -0.1) is 10.2 Å². The van der Waals surface area contributed by atoms with Crippen LogP contribution in [0.25, 0.3) is 5.69 Å². The lowest BCUT2D eigenvalue weighted by molar-refractivity contribution is 0.123. The minimum absolute atomic E-state index is 0.128. The number of anilines is 3. The molecule has 0 spiro atoms. The number of aromatic nitrogens is 5. The second kappa shape index (κ2) is 10.3. The Morgan fingerprint density at radius 1 is 1.14 bits per heavy atom. The van der Waals surface area contributed by atoms with Crippen molar-refractivity contribution in [3.63, 3.8) is 0 Å². The van der Waals surface area contributed by atoms with Gasteiger partial charge in [-0.2, -0.15) is 4.98 Å². The highest BCUT2D eigenvalue weighted by molar-refractivity contribution is 5.68. The van der Waals surface area contributed by atoms with Gasteiger partial charge in [0.15, 0.2) is 11.6 Å². The van der Waals surface area contributed by atoms with E-state index < -0.39 is 6.23 Å². The van der Waals surface area contributed by atoms with Gasteiger partial charge in [0.2, 0.25) is 5.95 Å². The van der Waals surface area contributed by atoms with Crippen molar-refractivity contribution in [2.45, 2.75) is 89.1 Å². The molecule has 2 aromatic heterocycles. The summed E-state index contributed by atoms with van der Waals surface area (Å²) in [5.41, 5.74) is 2.43. The van der Waals surface area contributed by atoms with Gasteiger partial charge in [0.25, 0.3) is 0 Å². The van der Waals surface area contributed by atoms with Crippen LogP contribution in [0.2, 0.25) is 0 Å². The number of methoxy groups -OCH3 is 1. The molecule has 2 saturated carbocycles. The zero-order valence-corrected chi connectivity index (χ0v) is 21.6. The molecule has 3 N–H and O–H groups in total. The van der Waals surface area contributed by atoms with Gasteiger partial charge in [-0.25, -0.2) is 4.98 Å². The Bertz CT molecular complexity index is 1230. The highest BCUT2D eigenvalue weighted by Crippen LogP contribution is 2.43. The first-order valence-electron chi connectivity index (χ1n) is 13.6. The maximum Gasteiger partial charge on any atom is 0.229 e. The van der Waals surface area contributed by atoms with Crippen molar-refractivity contribution < 1.29 is 9.84 Å².